The van der Waals surface area contributed by atoms with Crippen molar-refractivity contribution in [2.45, 2.75) is 36.9 Å². The molecular weight excluding hydrogens is 399 g/mol. The Morgan fingerprint density at radius 1 is 1.39 bits per heavy atom. The van der Waals surface area contributed by atoms with Gasteiger partial charge in [-0.15, -0.1) is 11.8 Å². The number of anilines is 2. The van der Waals surface area contributed by atoms with E-state index >= 15 is 0 Å². The van der Waals surface area contributed by atoms with Crippen molar-refractivity contribution in [3.63, 3.8) is 0 Å². The van der Waals surface area contributed by atoms with Crippen molar-refractivity contribution in [2.24, 2.45) is 0 Å². The first-order valence-corrected chi connectivity index (χ1v) is 9.52. The van der Waals surface area contributed by atoms with Crippen LogP contribution in [0, 0.1) is 0 Å². The fraction of sp³-hybridized carbons (Fsp3) is 0.471. The third kappa shape index (κ3) is 3.07. The lowest BCUT2D eigenvalue weighted by Gasteiger charge is -2.30. The van der Waals surface area contributed by atoms with Gasteiger partial charge in [-0.05, 0) is 25.5 Å². The number of carbonyl (C=O) groups excluding carboxylic acids is 3. The minimum Gasteiger partial charge on any atom is -0.479 e. The average molecular weight is 415 g/mol. The van der Waals surface area contributed by atoms with Gasteiger partial charge >= 0.3 is 6.18 Å². The van der Waals surface area contributed by atoms with Gasteiger partial charge < -0.3 is 20.3 Å². The molecule has 3 aliphatic rings. The van der Waals surface area contributed by atoms with Crippen molar-refractivity contribution in [3.8, 4) is 5.75 Å². The minimum absolute atomic E-state index is 0.0397. The number of thioether (sulfide) groups is 1. The molecule has 1 aromatic carbocycles. The molecule has 4 rings (SSSR count). The number of nitrogens with one attached hydrogen (secondary N) is 2. The largest absolute Gasteiger partial charge is 0.479 e. The van der Waals surface area contributed by atoms with E-state index in [9.17, 15) is 27.6 Å². The van der Waals surface area contributed by atoms with Gasteiger partial charge in [-0.25, -0.2) is 0 Å². The number of amides is 3. The summed E-state index contributed by atoms with van der Waals surface area (Å²) in [5, 5.41) is 4.79. The molecule has 0 spiro atoms. The normalized spacial score (nSPS) is 26.4. The highest BCUT2D eigenvalue weighted by atomic mass is 32.2. The Bertz CT molecular complexity index is 891. The van der Waals surface area contributed by atoms with Gasteiger partial charge in [-0.1, -0.05) is 0 Å². The predicted octanol–water partition coefficient (Wildman–Crippen LogP) is 2.43. The van der Waals surface area contributed by atoms with Gasteiger partial charge in [0.1, 0.15) is 6.04 Å². The van der Waals surface area contributed by atoms with Crippen molar-refractivity contribution < 1.29 is 32.3 Å². The summed E-state index contributed by atoms with van der Waals surface area (Å²) in [6, 6.07) is 0.740. The lowest BCUT2D eigenvalue weighted by molar-refractivity contribution is -0.137. The molecule has 2 saturated heterocycles. The first-order chi connectivity index (χ1) is 13.1. The van der Waals surface area contributed by atoms with Crippen molar-refractivity contribution in [1.29, 1.82) is 0 Å². The van der Waals surface area contributed by atoms with Crippen molar-refractivity contribution in [2.75, 3.05) is 23.0 Å². The summed E-state index contributed by atoms with van der Waals surface area (Å²) in [7, 11) is 0. The van der Waals surface area contributed by atoms with Crippen molar-refractivity contribution in [1.82, 2.24) is 4.90 Å². The molecule has 3 heterocycles. The highest BCUT2D eigenvalue weighted by Gasteiger charge is 2.53. The summed E-state index contributed by atoms with van der Waals surface area (Å²) in [6.07, 6.45) is -3.72. The number of fused-ring (bicyclic) bond motifs is 2. The number of nitrogens with zero attached hydrogens (tertiary/aromatic N) is 1. The van der Waals surface area contributed by atoms with Crippen molar-refractivity contribution in [3.05, 3.63) is 17.7 Å². The van der Waals surface area contributed by atoms with Crippen LogP contribution in [-0.2, 0) is 20.6 Å². The molecule has 0 aromatic heterocycles. The average Bonchev–Trinajstić information content (AvgIpc) is 3.10. The molecule has 2 fully saturated rings. The fourth-order valence-corrected chi connectivity index (χ4v) is 5.12. The van der Waals surface area contributed by atoms with Gasteiger partial charge in [0, 0.05) is 12.2 Å². The number of rotatable bonds is 2. The summed E-state index contributed by atoms with van der Waals surface area (Å²) < 4.78 is 44.9. The minimum atomic E-state index is -4.68. The molecule has 11 heteroatoms. The molecule has 2 atom stereocenters. The molecule has 0 unspecified atom stereocenters. The molecule has 3 aliphatic heterocycles. The number of benzene rings is 1. The van der Waals surface area contributed by atoms with Crippen LogP contribution in [0.4, 0.5) is 24.5 Å². The zero-order valence-electron chi connectivity index (χ0n) is 14.7. The molecule has 0 aliphatic carbocycles. The quantitative estimate of drug-likeness (QED) is 0.775. The summed E-state index contributed by atoms with van der Waals surface area (Å²) in [5.41, 5.74) is -1.39. The van der Waals surface area contributed by atoms with Crippen LogP contribution < -0.4 is 15.4 Å². The van der Waals surface area contributed by atoms with Crippen LogP contribution >= 0.6 is 11.8 Å². The Balaban J connectivity index is 1.66. The maximum atomic E-state index is 13.2. The van der Waals surface area contributed by atoms with E-state index in [1.807, 2.05) is 6.92 Å². The number of hydrogen-bond donors (Lipinski definition) is 2. The first kappa shape index (κ1) is 18.9. The van der Waals surface area contributed by atoms with Crippen LogP contribution in [0.15, 0.2) is 12.1 Å². The Labute approximate surface area is 162 Å². The fourth-order valence-electron chi connectivity index (χ4n) is 3.69. The second-order valence-corrected chi connectivity index (χ2v) is 8.49. The Morgan fingerprint density at radius 3 is 2.86 bits per heavy atom. The van der Waals surface area contributed by atoms with E-state index in [4.69, 9.17) is 4.74 Å². The van der Waals surface area contributed by atoms with E-state index < -0.39 is 34.5 Å². The lowest BCUT2D eigenvalue weighted by atomic mass is 10.1. The monoisotopic (exact) mass is 415 g/mol. The second-order valence-electron chi connectivity index (χ2n) is 6.99. The van der Waals surface area contributed by atoms with Gasteiger partial charge in [0.25, 0.3) is 5.91 Å². The second kappa shape index (κ2) is 6.29. The first-order valence-electron chi connectivity index (χ1n) is 8.53. The van der Waals surface area contributed by atoms with E-state index in [2.05, 4.69) is 10.6 Å². The Morgan fingerprint density at radius 2 is 2.14 bits per heavy atom. The zero-order chi connectivity index (χ0) is 20.3. The standard InChI is InChI=1S/C17H16F3N3O4S/c1-16-3-2-13(25)23(16)11(7-28-16)15(26)22-10-5-8(17(18,19)20)4-9-14(10)27-6-12(24)21-9/h4-5,11H,2-3,6-7H2,1H3,(H,21,24)(H,22,26)/t11-,16+/m0/s1. The van der Waals surface area contributed by atoms with Crippen LogP contribution in [0.2, 0.25) is 0 Å². The third-order valence-electron chi connectivity index (χ3n) is 5.04. The van der Waals surface area contributed by atoms with Crippen LogP contribution in [0.3, 0.4) is 0 Å². The van der Waals surface area contributed by atoms with E-state index in [0.29, 0.717) is 18.6 Å². The highest BCUT2D eigenvalue weighted by Crippen LogP contribution is 2.48. The molecule has 150 valence electrons. The lowest BCUT2D eigenvalue weighted by Crippen LogP contribution is -2.48. The smallest absolute Gasteiger partial charge is 0.416 e. The molecular formula is C17H16F3N3O4S. The summed E-state index contributed by atoms with van der Waals surface area (Å²) in [4.78, 5) is 37.5. The van der Waals surface area contributed by atoms with E-state index in [1.54, 1.807) is 0 Å². The zero-order valence-corrected chi connectivity index (χ0v) is 15.5. The number of alkyl halides is 3. The molecule has 28 heavy (non-hydrogen) atoms. The highest BCUT2D eigenvalue weighted by molar-refractivity contribution is 8.01. The summed E-state index contributed by atoms with van der Waals surface area (Å²) in [6.45, 7) is 1.50. The Kier molecular flexibility index (Phi) is 4.25. The molecule has 0 radical (unpaired) electrons. The van der Waals surface area contributed by atoms with Crippen molar-refractivity contribution >= 4 is 40.9 Å². The van der Waals surface area contributed by atoms with E-state index in [-0.39, 0.29) is 29.6 Å². The van der Waals surface area contributed by atoms with E-state index in [0.717, 1.165) is 12.1 Å². The Hall–Kier alpha value is -2.43. The van der Waals surface area contributed by atoms with Gasteiger partial charge in [0.2, 0.25) is 11.8 Å². The van der Waals surface area contributed by atoms with Crippen LogP contribution in [-0.4, -0.2) is 45.9 Å². The van der Waals surface area contributed by atoms with E-state index in [1.165, 1.54) is 16.7 Å². The number of ether oxygens (including phenoxy) is 1. The molecule has 0 bridgehead atoms. The summed E-state index contributed by atoms with van der Waals surface area (Å²) >= 11 is 1.48. The molecule has 1 aromatic rings. The van der Waals surface area contributed by atoms with Gasteiger partial charge in [-0.2, -0.15) is 13.2 Å². The number of carbonyl (C=O) groups is 3. The van der Waals surface area contributed by atoms with Gasteiger partial charge in [-0.3, -0.25) is 14.4 Å². The molecule has 0 saturated carbocycles. The topological polar surface area (TPSA) is 87.7 Å². The van der Waals surface area contributed by atoms with Gasteiger partial charge in [0.15, 0.2) is 12.4 Å². The predicted molar refractivity (Wildman–Crippen MR) is 94.9 cm³/mol. The molecule has 3 amide bonds. The third-order valence-corrected chi connectivity index (χ3v) is 6.55. The molecule has 7 nitrogen and oxygen atoms in total. The number of halogens is 3. The SMILES string of the molecule is C[C@@]12CCC(=O)N1[C@H](C(=O)Nc1cc(C(F)(F)F)cc3c1OCC(=O)N3)CS2. The maximum Gasteiger partial charge on any atom is 0.416 e. The van der Waals surface area contributed by atoms with Crippen LogP contribution in [0.25, 0.3) is 0 Å². The summed E-state index contributed by atoms with van der Waals surface area (Å²) in [5.74, 6) is -1.01. The van der Waals surface area contributed by atoms with Crippen LogP contribution in [0.1, 0.15) is 25.3 Å². The molecule has 2 N–H and O–H groups in total. The van der Waals surface area contributed by atoms with Crippen LogP contribution in [0.5, 0.6) is 5.75 Å². The van der Waals surface area contributed by atoms with Gasteiger partial charge in [0.05, 0.1) is 21.8 Å². The number of hydrogen-bond acceptors (Lipinski definition) is 5. The maximum absolute atomic E-state index is 13.2.